The van der Waals surface area contributed by atoms with Gasteiger partial charge in [0.1, 0.15) is 0 Å². The van der Waals surface area contributed by atoms with Gasteiger partial charge in [0.2, 0.25) is 5.91 Å². The van der Waals surface area contributed by atoms with Crippen LogP contribution in [0.25, 0.3) is 10.8 Å². The number of anilines is 1. The summed E-state index contributed by atoms with van der Waals surface area (Å²) in [6.45, 7) is 1.78. The summed E-state index contributed by atoms with van der Waals surface area (Å²) in [6, 6.07) is 10.8. The molecule has 3 aromatic rings. The van der Waals surface area contributed by atoms with Crippen LogP contribution in [-0.2, 0) is 4.79 Å². The lowest BCUT2D eigenvalue weighted by Gasteiger charge is -2.09. The molecule has 1 unspecified atom stereocenters. The summed E-state index contributed by atoms with van der Waals surface area (Å²) in [5.74, 6) is 0.304. The van der Waals surface area contributed by atoms with Gasteiger partial charge in [-0.25, -0.2) is 0 Å². The molecular formula is C15H12ClN3O2S2. The number of rotatable bonds is 5. The second kappa shape index (κ2) is 7.16. The maximum atomic E-state index is 12.2. The van der Waals surface area contributed by atoms with E-state index in [0.717, 1.165) is 4.88 Å². The van der Waals surface area contributed by atoms with Crippen LogP contribution in [0.3, 0.4) is 0 Å². The second-order valence-electron chi connectivity index (χ2n) is 4.61. The second-order valence-corrected chi connectivity index (χ2v) is 7.29. The zero-order valence-electron chi connectivity index (χ0n) is 12.0. The fourth-order valence-electron chi connectivity index (χ4n) is 1.77. The predicted octanol–water partition coefficient (Wildman–Crippen LogP) is 4.57. The van der Waals surface area contributed by atoms with E-state index in [-0.39, 0.29) is 11.2 Å². The fourth-order valence-corrected chi connectivity index (χ4v) is 3.29. The monoisotopic (exact) mass is 365 g/mol. The quantitative estimate of drug-likeness (QED) is 0.671. The van der Waals surface area contributed by atoms with Crippen LogP contribution >= 0.6 is 34.7 Å². The lowest BCUT2D eigenvalue weighted by atomic mass is 10.3. The Kier molecular flexibility index (Phi) is 5.00. The number of nitrogens with zero attached hydrogens (tertiary/aromatic N) is 2. The van der Waals surface area contributed by atoms with Gasteiger partial charge < -0.3 is 9.73 Å². The molecule has 0 saturated heterocycles. The minimum absolute atomic E-state index is 0.159. The Morgan fingerprint density at radius 2 is 2.22 bits per heavy atom. The number of halogens is 1. The van der Waals surface area contributed by atoms with Crippen LogP contribution < -0.4 is 5.32 Å². The first-order valence-corrected chi connectivity index (χ1v) is 8.86. The topological polar surface area (TPSA) is 68.0 Å². The number of thiophene rings is 1. The highest BCUT2D eigenvalue weighted by molar-refractivity contribution is 8.00. The summed E-state index contributed by atoms with van der Waals surface area (Å²) in [5, 5.41) is 13.3. The molecule has 1 atom stereocenters. The standard InChI is InChI=1S/C15H12ClN3O2S2/c1-9(13(20)17-11-5-2-4-10(16)8-11)23-15-19-18-14(21-15)12-6-3-7-22-12/h2-9H,1H3,(H,17,20). The normalized spacial score (nSPS) is 12.1. The summed E-state index contributed by atoms with van der Waals surface area (Å²) < 4.78 is 5.57. The average molecular weight is 366 g/mol. The molecule has 2 aromatic heterocycles. The first kappa shape index (κ1) is 16.0. The Hall–Kier alpha value is -1.83. The molecule has 5 nitrogen and oxygen atoms in total. The third-order valence-corrected chi connectivity index (χ3v) is 4.90. The summed E-state index contributed by atoms with van der Waals surface area (Å²) in [7, 11) is 0. The van der Waals surface area contributed by atoms with Gasteiger partial charge in [-0.2, -0.15) is 0 Å². The van der Waals surface area contributed by atoms with Crippen molar-refractivity contribution < 1.29 is 9.21 Å². The first-order valence-electron chi connectivity index (χ1n) is 6.72. The van der Waals surface area contributed by atoms with E-state index in [1.165, 1.54) is 23.1 Å². The highest BCUT2D eigenvalue weighted by Gasteiger charge is 2.19. The third-order valence-electron chi connectivity index (χ3n) is 2.88. The van der Waals surface area contributed by atoms with E-state index in [1.807, 2.05) is 17.5 Å². The number of carbonyl (C=O) groups excluding carboxylic acids is 1. The van der Waals surface area contributed by atoms with Crippen LogP contribution in [0.2, 0.25) is 5.02 Å². The number of aromatic nitrogens is 2. The average Bonchev–Trinajstić information content (AvgIpc) is 3.17. The summed E-state index contributed by atoms with van der Waals surface area (Å²) >= 11 is 8.63. The molecule has 1 N–H and O–H groups in total. The molecule has 0 radical (unpaired) electrons. The Labute approximate surface area is 146 Å². The van der Waals surface area contributed by atoms with E-state index < -0.39 is 0 Å². The van der Waals surface area contributed by atoms with Crippen molar-refractivity contribution in [2.75, 3.05) is 5.32 Å². The molecule has 0 aliphatic heterocycles. The number of thioether (sulfide) groups is 1. The molecule has 0 bridgehead atoms. The third kappa shape index (κ3) is 4.13. The molecule has 0 aliphatic rings. The molecule has 8 heteroatoms. The Morgan fingerprint density at radius 1 is 1.35 bits per heavy atom. The maximum Gasteiger partial charge on any atom is 0.277 e. The smallest absolute Gasteiger partial charge is 0.277 e. The molecule has 23 heavy (non-hydrogen) atoms. The van der Waals surface area contributed by atoms with E-state index in [9.17, 15) is 4.79 Å². The molecule has 0 aliphatic carbocycles. The van der Waals surface area contributed by atoms with Crippen LogP contribution in [-0.4, -0.2) is 21.4 Å². The van der Waals surface area contributed by atoms with Crippen LogP contribution in [0.1, 0.15) is 6.92 Å². The molecule has 0 saturated carbocycles. The van der Waals surface area contributed by atoms with Crippen molar-refractivity contribution in [3.8, 4) is 10.8 Å². The van der Waals surface area contributed by atoms with Crippen molar-refractivity contribution in [3.05, 3.63) is 46.8 Å². The van der Waals surface area contributed by atoms with Gasteiger partial charge in [-0.1, -0.05) is 35.5 Å². The van der Waals surface area contributed by atoms with Crippen molar-refractivity contribution >= 4 is 46.3 Å². The van der Waals surface area contributed by atoms with Gasteiger partial charge in [-0.05, 0) is 36.6 Å². The number of hydrogen-bond acceptors (Lipinski definition) is 6. The molecular weight excluding hydrogens is 354 g/mol. The zero-order valence-corrected chi connectivity index (χ0v) is 14.4. The Bertz CT molecular complexity index is 805. The van der Waals surface area contributed by atoms with Crippen LogP contribution in [0.15, 0.2) is 51.4 Å². The van der Waals surface area contributed by atoms with E-state index in [1.54, 1.807) is 31.2 Å². The predicted molar refractivity (Wildman–Crippen MR) is 93.0 cm³/mol. The SMILES string of the molecule is CC(Sc1nnc(-c2cccs2)o1)C(=O)Nc1cccc(Cl)c1. The van der Waals surface area contributed by atoms with Crippen molar-refractivity contribution in [1.29, 1.82) is 0 Å². The van der Waals surface area contributed by atoms with E-state index in [4.69, 9.17) is 16.0 Å². The van der Waals surface area contributed by atoms with Crippen molar-refractivity contribution in [1.82, 2.24) is 10.2 Å². The molecule has 1 aromatic carbocycles. The lowest BCUT2D eigenvalue weighted by molar-refractivity contribution is -0.115. The van der Waals surface area contributed by atoms with Crippen LogP contribution in [0.5, 0.6) is 0 Å². The van der Waals surface area contributed by atoms with Crippen LogP contribution in [0, 0.1) is 0 Å². The van der Waals surface area contributed by atoms with Crippen molar-refractivity contribution in [2.45, 2.75) is 17.4 Å². The number of amides is 1. The van der Waals surface area contributed by atoms with Crippen molar-refractivity contribution in [2.24, 2.45) is 0 Å². The number of nitrogens with one attached hydrogen (secondary N) is 1. The zero-order chi connectivity index (χ0) is 16.2. The lowest BCUT2D eigenvalue weighted by Crippen LogP contribution is -2.22. The molecule has 0 spiro atoms. The number of hydrogen-bond donors (Lipinski definition) is 1. The van der Waals surface area contributed by atoms with Crippen molar-refractivity contribution in [3.63, 3.8) is 0 Å². The Balaban J connectivity index is 1.62. The minimum atomic E-state index is -0.384. The summed E-state index contributed by atoms with van der Waals surface area (Å²) in [6.07, 6.45) is 0. The van der Waals surface area contributed by atoms with Gasteiger partial charge >= 0.3 is 0 Å². The van der Waals surface area contributed by atoms with Crippen LogP contribution in [0.4, 0.5) is 5.69 Å². The fraction of sp³-hybridized carbons (Fsp3) is 0.133. The number of carbonyl (C=O) groups is 1. The largest absolute Gasteiger partial charge is 0.410 e. The van der Waals surface area contributed by atoms with Gasteiger partial charge in [0.25, 0.3) is 11.1 Å². The first-order chi connectivity index (χ1) is 11.1. The minimum Gasteiger partial charge on any atom is -0.410 e. The number of benzene rings is 1. The van der Waals surface area contributed by atoms with E-state index in [2.05, 4.69) is 15.5 Å². The summed E-state index contributed by atoms with van der Waals surface area (Å²) in [5.41, 5.74) is 0.653. The maximum absolute atomic E-state index is 12.2. The van der Waals surface area contributed by atoms with Gasteiger partial charge in [-0.3, -0.25) is 4.79 Å². The van der Waals surface area contributed by atoms with Gasteiger partial charge in [0.05, 0.1) is 10.1 Å². The summed E-state index contributed by atoms with van der Waals surface area (Å²) in [4.78, 5) is 13.1. The van der Waals surface area contributed by atoms with E-state index >= 15 is 0 Å². The molecule has 3 rings (SSSR count). The van der Waals surface area contributed by atoms with Gasteiger partial charge in [0.15, 0.2) is 0 Å². The molecule has 2 heterocycles. The van der Waals surface area contributed by atoms with E-state index in [0.29, 0.717) is 21.8 Å². The van der Waals surface area contributed by atoms with Gasteiger partial charge in [-0.15, -0.1) is 21.5 Å². The highest BCUT2D eigenvalue weighted by Crippen LogP contribution is 2.29. The molecule has 1 amide bonds. The molecule has 118 valence electrons. The molecule has 0 fully saturated rings. The highest BCUT2D eigenvalue weighted by atomic mass is 35.5. The Morgan fingerprint density at radius 3 is 2.96 bits per heavy atom. The van der Waals surface area contributed by atoms with Gasteiger partial charge in [0, 0.05) is 10.7 Å².